The monoisotopic (exact) mass is 628 g/mol. The van der Waals surface area contributed by atoms with Crippen molar-refractivity contribution in [1.82, 2.24) is 15.5 Å². The van der Waals surface area contributed by atoms with E-state index in [9.17, 15) is 9.59 Å². The molecule has 2 atom stereocenters. The minimum Gasteiger partial charge on any atom is -0.381 e. The summed E-state index contributed by atoms with van der Waals surface area (Å²) in [7, 11) is 0. The number of amides is 2. The Hall–Kier alpha value is -3.79. The van der Waals surface area contributed by atoms with Crippen molar-refractivity contribution < 1.29 is 23.5 Å². The summed E-state index contributed by atoms with van der Waals surface area (Å²) in [4.78, 5) is 31.8. The number of benzene rings is 3. The Morgan fingerprint density at radius 2 is 1.74 bits per heavy atom. The number of carbonyl (C=O) groups excluding carboxylic acids is 2. The molecule has 0 bridgehead atoms. The number of nitrogens with one attached hydrogen (secondary N) is 2. The highest BCUT2D eigenvalue weighted by molar-refractivity contribution is 5.99. The Kier molecular flexibility index (Phi) is 10.0. The fraction of sp³-hybridized carbons (Fsp3) is 0.459. The van der Waals surface area contributed by atoms with Gasteiger partial charge in [-0.2, -0.15) is 0 Å². The summed E-state index contributed by atoms with van der Waals surface area (Å²) in [6, 6.07) is 17.6. The van der Waals surface area contributed by atoms with Gasteiger partial charge in [-0.15, -0.1) is 0 Å². The van der Waals surface area contributed by atoms with Crippen LogP contribution in [0.3, 0.4) is 0 Å². The van der Waals surface area contributed by atoms with E-state index in [1.54, 1.807) is 6.07 Å². The van der Waals surface area contributed by atoms with Gasteiger partial charge in [0.15, 0.2) is 0 Å². The van der Waals surface area contributed by atoms with E-state index in [-0.39, 0.29) is 24.4 Å². The molecule has 0 aromatic heterocycles. The van der Waals surface area contributed by atoms with Crippen molar-refractivity contribution in [2.24, 2.45) is 0 Å². The molecular weight excluding hydrogens is 583 g/mol. The Morgan fingerprint density at radius 1 is 1.02 bits per heavy atom. The molecule has 9 heteroatoms. The average molecular weight is 629 g/mol. The highest BCUT2D eigenvalue weighted by Crippen LogP contribution is 2.35. The third-order valence-electron chi connectivity index (χ3n) is 9.75. The molecule has 3 aliphatic heterocycles. The summed E-state index contributed by atoms with van der Waals surface area (Å²) in [6.07, 6.45) is 1.85. The third-order valence-corrected chi connectivity index (χ3v) is 9.75. The van der Waals surface area contributed by atoms with Crippen LogP contribution in [0, 0.1) is 12.7 Å². The number of nitrogens with zero attached hydrogens (tertiary/aromatic N) is 2. The van der Waals surface area contributed by atoms with Gasteiger partial charge in [0.1, 0.15) is 5.82 Å². The molecule has 3 heterocycles. The maximum absolute atomic E-state index is 15.0. The molecule has 6 rings (SSSR count). The van der Waals surface area contributed by atoms with Gasteiger partial charge in [0.25, 0.3) is 5.91 Å². The summed E-state index contributed by atoms with van der Waals surface area (Å²) >= 11 is 0. The molecule has 0 spiro atoms. The van der Waals surface area contributed by atoms with Crippen LogP contribution in [0.4, 0.5) is 10.1 Å². The van der Waals surface area contributed by atoms with Crippen LogP contribution in [0.2, 0.25) is 0 Å². The van der Waals surface area contributed by atoms with Crippen LogP contribution >= 0.6 is 0 Å². The van der Waals surface area contributed by atoms with Gasteiger partial charge in [-0.1, -0.05) is 36.4 Å². The van der Waals surface area contributed by atoms with E-state index in [1.807, 2.05) is 26.0 Å². The number of halogens is 1. The van der Waals surface area contributed by atoms with Crippen molar-refractivity contribution in [3.05, 3.63) is 88.2 Å². The fourth-order valence-electron chi connectivity index (χ4n) is 7.15. The van der Waals surface area contributed by atoms with E-state index in [4.69, 9.17) is 9.47 Å². The first-order valence-corrected chi connectivity index (χ1v) is 16.6. The first kappa shape index (κ1) is 32.2. The van der Waals surface area contributed by atoms with Crippen LogP contribution in [0.25, 0.3) is 11.1 Å². The van der Waals surface area contributed by atoms with E-state index in [2.05, 4.69) is 57.7 Å². The summed E-state index contributed by atoms with van der Waals surface area (Å²) in [6.45, 7) is 12.5. The molecule has 3 aromatic carbocycles. The zero-order valence-electron chi connectivity index (χ0n) is 27.1. The normalized spacial score (nSPS) is 20.6. The lowest BCUT2D eigenvalue weighted by Crippen LogP contribution is -2.43. The number of rotatable bonds is 9. The lowest BCUT2D eigenvalue weighted by molar-refractivity contribution is -0.123. The van der Waals surface area contributed by atoms with E-state index in [0.29, 0.717) is 17.2 Å². The summed E-state index contributed by atoms with van der Waals surface area (Å²) in [5.74, 6) is -1.80. The van der Waals surface area contributed by atoms with Crippen molar-refractivity contribution in [1.29, 1.82) is 0 Å². The van der Waals surface area contributed by atoms with Gasteiger partial charge in [0, 0.05) is 68.8 Å². The van der Waals surface area contributed by atoms with Crippen LogP contribution in [-0.4, -0.2) is 75.4 Å². The highest BCUT2D eigenvalue weighted by atomic mass is 19.1. The molecule has 2 fully saturated rings. The summed E-state index contributed by atoms with van der Waals surface area (Å²) in [5.41, 5.74) is 6.78. The fourth-order valence-corrected chi connectivity index (χ4v) is 7.15. The molecular formula is C37H45FN4O4. The van der Waals surface area contributed by atoms with Crippen LogP contribution in [-0.2, 0) is 20.8 Å². The van der Waals surface area contributed by atoms with Crippen molar-refractivity contribution in [2.75, 3.05) is 57.5 Å². The quantitative estimate of drug-likeness (QED) is 0.333. The molecule has 8 nitrogen and oxygen atoms in total. The van der Waals surface area contributed by atoms with E-state index in [1.165, 1.54) is 11.6 Å². The van der Waals surface area contributed by atoms with Gasteiger partial charge in [0.2, 0.25) is 5.91 Å². The number of morpholine rings is 1. The summed E-state index contributed by atoms with van der Waals surface area (Å²) in [5, 5.41) is 5.93. The van der Waals surface area contributed by atoms with Gasteiger partial charge in [-0.05, 0) is 79.6 Å². The van der Waals surface area contributed by atoms with Gasteiger partial charge < -0.3 is 25.0 Å². The largest absolute Gasteiger partial charge is 0.381 e. The first-order valence-electron chi connectivity index (χ1n) is 16.6. The van der Waals surface area contributed by atoms with Crippen LogP contribution in [0.5, 0.6) is 0 Å². The number of carbonyl (C=O) groups is 2. The topological polar surface area (TPSA) is 83.1 Å². The molecule has 2 unspecified atom stereocenters. The maximum Gasteiger partial charge on any atom is 0.251 e. The molecule has 0 saturated carbocycles. The standard InChI is InChI=1S/C37H45FN4O4/c1-4-42(29-12-16-45-17-13-29)34-21-28(27-10-8-26(9-11-27)23-41-14-18-46-19-15-41)20-31(24(34)2)36(43)39-22-32-35-30(6-5-7-33(35)38)25(3)40-37(32)44/h5-11,20-21,25,29,32H,4,12-19,22-23H2,1-3H3,(H,39,43)(H,40,44). The molecule has 0 aliphatic carbocycles. The molecule has 3 aromatic rings. The molecule has 244 valence electrons. The van der Waals surface area contributed by atoms with Crippen molar-refractivity contribution >= 4 is 17.5 Å². The minimum atomic E-state index is -0.812. The maximum atomic E-state index is 15.0. The second kappa shape index (κ2) is 14.3. The molecule has 0 radical (unpaired) electrons. The number of hydrogen-bond acceptors (Lipinski definition) is 6. The van der Waals surface area contributed by atoms with Crippen LogP contribution in [0.1, 0.15) is 71.3 Å². The second-order valence-electron chi connectivity index (χ2n) is 12.6. The molecule has 2 N–H and O–H groups in total. The van der Waals surface area contributed by atoms with Gasteiger partial charge in [-0.25, -0.2) is 4.39 Å². The molecule has 2 amide bonds. The van der Waals surface area contributed by atoms with Crippen molar-refractivity contribution in [3.63, 3.8) is 0 Å². The predicted molar refractivity (Wildman–Crippen MR) is 178 cm³/mol. The highest BCUT2D eigenvalue weighted by Gasteiger charge is 2.34. The van der Waals surface area contributed by atoms with Gasteiger partial charge in [0.05, 0.1) is 25.2 Å². The smallest absolute Gasteiger partial charge is 0.251 e. The minimum absolute atomic E-state index is 0.00197. The predicted octanol–water partition coefficient (Wildman–Crippen LogP) is 5.34. The van der Waals surface area contributed by atoms with Crippen molar-refractivity contribution in [3.8, 4) is 11.1 Å². The van der Waals surface area contributed by atoms with Crippen LogP contribution in [0.15, 0.2) is 54.6 Å². The van der Waals surface area contributed by atoms with Gasteiger partial charge >= 0.3 is 0 Å². The molecule has 2 saturated heterocycles. The third kappa shape index (κ3) is 6.82. The Morgan fingerprint density at radius 3 is 2.46 bits per heavy atom. The Labute approximate surface area is 271 Å². The number of anilines is 1. The van der Waals surface area contributed by atoms with E-state index >= 15 is 4.39 Å². The molecule has 46 heavy (non-hydrogen) atoms. The lowest BCUT2D eigenvalue weighted by Gasteiger charge is -2.37. The number of fused-ring (bicyclic) bond motifs is 1. The number of ether oxygens (including phenoxy) is 2. The second-order valence-corrected chi connectivity index (χ2v) is 12.6. The van der Waals surface area contributed by atoms with Crippen molar-refractivity contribution in [2.45, 2.75) is 58.2 Å². The molecule has 3 aliphatic rings. The number of hydrogen-bond donors (Lipinski definition) is 2. The lowest BCUT2D eigenvalue weighted by atomic mass is 9.86. The van der Waals surface area contributed by atoms with Gasteiger partial charge in [-0.3, -0.25) is 14.5 Å². The van der Waals surface area contributed by atoms with E-state index in [0.717, 1.165) is 93.4 Å². The average Bonchev–Trinajstić information content (AvgIpc) is 3.07. The van der Waals surface area contributed by atoms with E-state index < -0.39 is 11.7 Å². The summed E-state index contributed by atoms with van der Waals surface area (Å²) < 4.78 is 26.2. The van der Waals surface area contributed by atoms with Crippen LogP contribution < -0.4 is 15.5 Å². The zero-order valence-corrected chi connectivity index (χ0v) is 27.1. The SMILES string of the molecule is CCN(c1cc(-c2ccc(CN3CCOCC3)cc2)cc(C(=O)NCC2C(=O)NC(C)c3cccc(F)c32)c1C)C1CCOCC1. The Bertz CT molecular complexity index is 1550. The Balaban J connectivity index is 1.30. The first-order chi connectivity index (χ1) is 22.3. The zero-order chi connectivity index (χ0) is 32.2.